The van der Waals surface area contributed by atoms with Crippen LogP contribution in [0.25, 0.3) is 0 Å². The number of hydrogen-bond donors (Lipinski definition) is 0. The Labute approximate surface area is 172 Å². The lowest BCUT2D eigenvalue weighted by atomic mass is 10.0. The fraction of sp³-hybridized carbons (Fsp3) is 0.550. The van der Waals surface area contributed by atoms with Crippen LogP contribution in [0.2, 0.25) is 0 Å². The molecule has 0 unspecified atom stereocenters. The van der Waals surface area contributed by atoms with Crippen LogP contribution >= 0.6 is 0 Å². The van der Waals surface area contributed by atoms with Crippen LogP contribution < -0.4 is 0 Å². The van der Waals surface area contributed by atoms with Crippen LogP contribution in [0.4, 0.5) is 13.2 Å². The van der Waals surface area contributed by atoms with Gasteiger partial charge >= 0.3 is 6.18 Å². The van der Waals surface area contributed by atoms with Gasteiger partial charge in [0.1, 0.15) is 0 Å². The Morgan fingerprint density at radius 3 is 2.57 bits per heavy atom. The molecule has 2 aromatic rings. The molecule has 0 atom stereocenters. The number of carbonyl (C=O) groups is 1. The molecular formula is C20H24F3N5O2. The molecule has 2 aliphatic rings. The highest BCUT2D eigenvalue weighted by Gasteiger charge is 2.31. The van der Waals surface area contributed by atoms with Gasteiger partial charge < -0.3 is 9.64 Å². The minimum Gasteiger partial charge on any atom is -0.378 e. The van der Waals surface area contributed by atoms with Gasteiger partial charge in [0, 0.05) is 32.7 Å². The summed E-state index contributed by atoms with van der Waals surface area (Å²) < 4.78 is 45.7. The zero-order valence-electron chi connectivity index (χ0n) is 16.5. The third kappa shape index (κ3) is 4.81. The Hall–Kier alpha value is -2.46. The topological polar surface area (TPSA) is 63.5 Å². The van der Waals surface area contributed by atoms with Gasteiger partial charge in [-0.3, -0.25) is 9.69 Å². The largest absolute Gasteiger partial charge is 0.416 e. The summed E-state index contributed by atoms with van der Waals surface area (Å²) in [5.74, 6) is -0.133. The van der Waals surface area contributed by atoms with Crippen LogP contribution in [0.5, 0.6) is 0 Å². The predicted molar refractivity (Wildman–Crippen MR) is 102 cm³/mol. The van der Waals surface area contributed by atoms with E-state index in [9.17, 15) is 18.0 Å². The predicted octanol–water partition coefficient (Wildman–Crippen LogP) is 2.61. The van der Waals surface area contributed by atoms with E-state index >= 15 is 0 Å². The number of likely N-dealkylation sites (tertiary alicyclic amines) is 1. The number of nitrogens with zero attached hydrogens (tertiary/aromatic N) is 5. The molecular weight excluding hydrogens is 399 g/mol. The first-order valence-electron chi connectivity index (χ1n) is 10.1. The number of halogens is 3. The summed E-state index contributed by atoms with van der Waals surface area (Å²) in [6, 6.07) is 5.61. The molecule has 30 heavy (non-hydrogen) atoms. The number of ether oxygens (including phenoxy) is 1. The molecule has 2 fully saturated rings. The second-order valence-electron chi connectivity index (χ2n) is 7.69. The smallest absolute Gasteiger partial charge is 0.378 e. The van der Waals surface area contributed by atoms with E-state index in [1.165, 1.54) is 12.1 Å². The Morgan fingerprint density at radius 1 is 1.13 bits per heavy atom. The molecule has 0 aliphatic carbocycles. The highest BCUT2D eigenvalue weighted by Crippen LogP contribution is 2.30. The number of piperidine rings is 1. The summed E-state index contributed by atoms with van der Waals surface area (Å²) in [7, 11) is 0. The van der Waals surface area contributed by atoms with Gasteiger partial charge in [-0.05, 0) is 24.5 Å². The number of aromatic nitrogens is 3. The molecule has 2 aliphatic heterocycles. The Kier molecular flexibility index (Phi) is 6.05. The Morgan fingerprint density at radius 2 is 1.87 bits per heavy atom. The van der Waals surface area contributed by atoms with Crippen LogP contribution in [-0.2, 0) is 17.5 Å². The molecule has 162 valence electrons. The van der Waals surface area contributed by atoms with Gasteiger partial charge in [-0.1, -0.05) is 23.4 Å². The van der Waals surface area contributed by atoms with E-state index in [2.05, 4.69) is 15.2 Å². The van der Waals surface area contributed by atoms with Gasteiger partial charge in [0.05, 0.1) is 31.0 Å². The summed E-state index contributed by atoms with van der Waals surface area (Å²) in [6.45, 7) is 4.14. The van der Waals surface area contributed by atoms with Gasteiger partial charge in [-0.15, -0.1) is 5.10 Å². The fourth-order valence-corrected chi connectivity index (χ4v) is 3.93. The lowest BCUT2D eigenvalue weighted by Crippen LogP contribution is -2.40. The van der Waals surface area contributed by atoms with Crippen molar-refractivity contribution < 1.29 is 22.7 Å². The van der Waals surface area contributed by atoms with Crippen molar-refractivity contribution >= 4 is 5.91 Å². The third-order valence-corrected chi connectivity index (χ3v) is 5.62. The number of benzene rings is 1. The van der Waals surface area contributed by atoms with E-state index in [4.69, 9.17) is 4.74 Å². The standard InChI is InChI=1S/C20H24F3N5O2/c21-20(22,23)16-3-1-2-15(12-16)13-26-6-4-17(5-7-26)28-14-18(24-25-28)19(29)27-8-10-30-11-9-27/h1-3,12,14,17H,4-11,13H2. The van der Waals surface area contributed by atoms with E-state index in [1.807, 2.05) is 0 Å². The molecule has 0 radical (unpaired) electrons. The number of rotatable bonds is 4. The molecule has 2 saturated heterocycles. The summed E-state index contributed by atoms with van der Waals surface area (Å²) >= 11 is 0. The zero-order valence-corrected chi connectivity index (χ0v) is 16.5. The third-order valence-electron chi connectivity index (χ3n) is 5.62. The molecule has 1 amide bonds. The first-order chi connectivity index (χ1) is 14.4. The number of morpholine rings is 1. The zero-order chi connectivity index (χ0) is 21.1. The van der Waals surface area contributed by atoms with Gasteiger partial charge in [-0.25, -0.2) is 4.68 Å². The Bertz CT molecular complexity index is 871. The highest BCUT2D eigenvalue weighted by molar-refractivity contribution is 5.92. The second kappa shape index (κ2) is 8.73. The highest BCUT2D eigenvalue weighted by atomic mass is 19.4. The summed E-state index contributed by atoms with van der Waals surface area (Å²) in [4.78, 5) is 16.4. The quantitative estimate of drug-likeness (QED) is 0.757. The lowest BCUT2D eigenvalue weighted by Gasteiger charge is -2.31. The molecule has 0 saturated carbocycles. The molecule has 0 spiro atoms. The minimum absolute atomic E-state index is 0.126. The van der Waals surface area contributed by atoms with Crippen molar-refractivity contribution in [2.75, 3.05) is 39.4 Å². The SMILES string of the molecule is O=C(c1cn(C2CCN(Cc3cccc(C(F)(F)F)c3)CC2)nn1)N1CCOCC1. The van der Waals surface area contributed by atoms with Crippen molar-refractivity contribution in [3.05, 3.63) is 47.3 Å². The maximum atomic E-state index is 12.9. The lowest BCUT2D eigenvalue weighted by molar-refractivity contribution is -0.137. The van der Waals surface area contributed by atoms with Crippen molar-refractivity contribution in [1.29, 1.82) is 0 Å². The maximum absolute atomic E-state index is 12.9. The number of hydrogen-bond acceptors (Lipinski definition) is 5. The van der Waals surface area contributed by atoms with Crippen molar-refractivity contribution in [2.45, 2.75) is 31.6 Å². The van der Waals surface area contributed by atoms with Crippen molar-refractivity contribution in [1.82, 2.24) is 24.8 Å². The average Bonchev–Trinajstić information content (AvgIpc) is 3.24. The monoisotopic (exact) mass is 423 g/mol. The van der Waals surface area contributed by atoms with Crippen LogP contribution in [0.1, 0.15) is 40.5 Å². The van der Waals surface area contributed by atoms with Crippen LogP contribution in [0, 0.1) is 0 Å². The Balaban J connectivity index is 1.32. The molecule has 0 N–H and O–H groups in total. The van der Waals surface area contributed by atoms with Crippen LogP contribution in [0.3, 0.4) is 0 Å². The second-order valence-corrected chi connectivity index (χ2v) is 7.69. The molecule has 0 bridgehead atoms. The molecule has 1 aromatic carbocycles. The molecule has 10 heteroatoms. The molecule has 1 aromatic heterocycles. The first kappa shape index (κ1) is 20.8. The van der Waals surface area contributed by atoms with E-state index < -0.39 is 11.7 Å². The fourth-order valence-electron chi connectivity index (χ4n) is 3.93. The number of alkyl halides is 3. The van der Waals surface area contributed by atoms with Gasteiger partial charge in [0.25, 0.3) is 5.91 Å². The summed E-state index contributed by atoms with van der Waals surface area (Å²) in [6.07, 6.45) is -1.03. The van der Waals surface area contributed by atoms with E-state index in [0.29, 0.717) is 44.1 Å². The molecule has 7 nitrogen and oxygen atoms in total. The number of carbonyl (C=O) groups excluding carboxylic acids is 1. The van der Waals surface area contributed by atoms with Crippen LogP contribution in [-0.4, -0.2) is 70.1 Å². The van der Waals surface area contributed by atoms with E-state index in [0.717, 1.165) is 32.0 Å². The normalized spacial score (nSPS) is 19.2. The molecule has 3 heterocycles. The minimum atomic E-state index is -4.33. The van der Waals surface area contributed by atoms with Crippen molar-refractivity contribution in [3.63, 3.8) is 0 Å². The summed E-state index contributed by atoms with van der Waals surface area (Å²) in [5, 5.41) is 8.19. The van der Waals surface area contributed by atoms with E-state index in [1.54, 1.807) is 21.8 Å². The van der Waals surface area contributed by atoms with Crippen molar-refractivity contribution in [3.8, 4) is 0 Å². The average molecular weight is 423 g/mol. The summed E-state index contributed by atoms with van der Waals surface area (Å²) in [5.41, 5.74) is 0.376. The molecule has 4 rings (SSSR count). The van der Waals surface area contributed by atoms with Crippen molar-refractivity contribution in [2.24, 2.45) is 0 Å². The number of amides is 1. The van der Waals surface area contributed by atoms with Gasteiger partial charge in [0.15, 0.2) is 5.69 Å². The maximum Gasteiger partial charge on any atom is 0.416 e. The van der Waals surface area contributed by atoms with Gasteiger partial charge in [0.2, 0.25) is 0 Å². The van der Waals surface area contributed by atoms with E-state index in [-0.39, 0.29) is 11.9 Å². The first-order valence-corrected chi connectivity index (χ1v) is 10.1. The van der Waals surface area contributed by atoms with Gasteiger partial charge in [-0.2, -0.15) is 13.2 Å². The van der Waals surface area contributed by atoms with Crippen LogP contribution in [0.15, 0.2) is 30.5 Å².